The summed E-state index contributed by atoms with van der Waals surface area (Å²) in [6, 6.07) is 6.21. The second kappa shape index (κ2) is 10.5. The third kappa shape index (κ3) is 5.95. The lowest BCUT2D eigenvalue weighted by atomic mass is 10.2. The number of esters is 1. The second-order valence-electron chi connectivity index (χ2n) is 6.01. The Morgan fingerprint density at radius 2 is 1.90 bits per heavy atom. The number of thiophene rings is 1. The summed E-state index contributed by atoms with van der Waals surface area (Å²) in [5, 5.41) is 4.48. The van der Waals surface area contributed by atoms with Crippen molar-refractivity contribution in [1.82, 2.24) is 0 Å². The van der Waals surface area contributed by atoms with E-state index in [-0.39, 0.29) is 11.1 Å². The molecule has 156 valence electrons. The average Bonchev–Trinajstić information content (AvgIpc) is 3.15. The molecule has 1 heterocycles. The lowest BCUT2D eigenvalue weighted by Crippen LogP contribution is -2.30. The molecule has 0 radical (unpaired) electrons. The number of anilines is 1. The van der Waals surface area contributed by atoms with Gasteiger partial charge in [-0.3, -0.25) is 9.59 Å². The maximum Gasteiger partial charge on any atom is 0.339 e. The van der Waals surface area contributed by atoms with Crippen LogP contribution in [0, 0.1) is 0 Å². The van der Waals surface area contributed by atoms with Crippen LogP contribution in [0.25, 0.3) is 0 Å². The SMILES string of the molecule is CCCOc1ccc(C(=O)O[C@@H](C)C(=O)Nc2sccc2C(N)=O)cc1OCC. The van der Waals surface area contributed by atoms with Crippen LogP contribution in [-0.4, -0.2) is 37.1 Å². The number of carbonyl (C=O) groups excluding carboxylic acids is 3. The fourth-order valence-electron chi connectivity index (χ4n) is 2.33. The number of benzene rings is 1. The molecule has 2 rings (SSSR count). The predicted molar refractivity (Wildman–Crippen MR) is 110 cm³/mol. The highest BCUT2D eigenvalue weighted by molar-refractivity contribution is 7.14. The van der Waals surface area contributed by atoms with Gasteiger partial charge in [0.1, 0.15) is 5.00 Å². The van der Waals surface area contributed by atoms with Gasteiger partial charge >= 0.3 is 5.97 Å². The molecule has 29 heavy (non-hydrogen) atoms. The Bertz CT molecular complexity index is 880. The quantitative estimate of drug-likeness (QED) is 0.570. The molecule has 0 saturated carbocycles. The van der Waals surface area contributed by atoms with Crippen LogP contribution in [-0.2, 0) is 9.53 Å². The van der Waals surface area contributed by atoms with Crippen molar-refractivity contribution < 1.29 is 28.6 Å². The van der Waals surface area contributed by atoms with E-state index in [1.807, 2.05) is 13.8 Å². The van der Waals surface area contributed by atoms with Crippen LogP contribution in [0.15, 0.2) is 29.6 Å². The molecule has 1 atom stereocenters. The number of carbonyl (C=O) groups is 3. The Morgan fingerprint density at radius 1 is 1.14 bits per heavy atom. The summed E-state index contributed by atoms with van der Waals surface area (Å²) in [7, 11) is 0. The molecule has 1 aromatic heterocycles. The highest BCUT2D eigenvalue weighted by Gasteiger charge is 2.22. The van der Waals surface area contributed by atoms with Crippen molar-refractivity contribution in [3.05, 3.63) is 40.8 Å². The summed E-state index contributed by atoms with van der Waals surface area (Å²) in [5.41, 5.74) is 5.69. The molecule has 9 heteroatoms. The van der Waals surface area contributed by atoms with E-state index in [9.17, 15) is 14.4 Å². The summed E-state index contributed by atoms with van der Waals surface area (Å²) >= 11 is 1.15. The molecule has 2 amide bonds. The third-order valence-corrected chi connectivity index (χ3v) is 4.59. The fraction of sp³-hybridized carbons (Fsp3) is 0.350. The van der Waals surface area contributed by atoms with E-state index < -0.39 is 23.9 Å². The molecule has 2 aromatic rings. The molecular weight excluding hydrogens is 396 g/mol. The van der Waals surface area contributed by atoms with Crippen molar-refractivity contribution in [3.8, 4) is 11.5 Å². The third-order valence-electron chi connectivity index (χ3n) is 3.76. The Balaban J connectivity index is 2.06. The van der Waals surface area contributed by atoms with E-state index in [2.05, 4.69) is 5.32 Å². The maximum absolute atomic E-state index is 12.4. The number of nitrogens with one attached hydrogen (secondary N) is 1. The normalized spacial score (nSPS) is 11.4. The highest BCUT2D eigenvalue weighted by Crippen LogP contribution is 2.29. The van der Waals surface area contributed by atoms with Crippen molar-refractivity contribution >= 4 is 34.1 Å². The number of nitrogens with two attached hydrogens (primary N) is 1. The molecule has 0 spiro atoms. The van der Waals surface area contributed by atoms with E-state index in [0.717, 1.165) is 17.8 Å². The van der Waals surface area contributed by atoms with E-state index in [0.29, 0.717) is 29.7 Å². The lowest BCUT2D eigenvalue weighted by Gasteiger charge is -2.15. The molecule has 0 bridgehead atoms. The van der Waals surface area contributed by atoms with Gasteiger partial charge < -0.3 is 25.3 Å². The van der Waals surface area contributed by atoms with Crippen LogP contribution < -0.4 is 20.5 Å². The first-order valence-electron chi connectivity index (χ1n) is 9.16. The maximum atomic E-state index is 12.4. The minimum absolute atomic E-state index is 0.200. The molecule has 0 aliphatic carbocycles. The van der Waals surface area contributed by atoms with Crippen molar-refractivity contribution in [1.29, 1.82) is 0 Å². The first-order valence-corrected chi connectivity index (χ1v) is 10.0. The molecule has 3 N–H and O–H groups in total. The topological polar surface area (TPSA) is 117 Å². The lowest BCUT2D eigenvalue weighted by molar-refractivity contribution is -0.123. The van der Waals surface area contributed by atoms with Gasteiger partial charge in [-0.05, 0) is 49.9 Å². The molecule has 0 aliphatic rings. The summed E-state index contributed by atoms with van der Waals surface area (Å²) in [6.45, 7) is 6.18. The van der Waals surface area contributed by atoms with Crippen LogP contribution in [0.3, 0.4) is 0 Å². The second-order valence-corrected chi connectivity index (χ2v) is 6.92. The zero-order valence-corrected chi connectivity index (χ0v) is 17.3. The number of primary amides is 1. The Morgan fingerprint density at radius 3 is 2.55 bits per heavy atom. The van der Waals surface area contributed by atoms with Crippen molar-refractivity contribution in [2.24, 2.45) is 5.73 Å². The van der Waals surface area contributed by atoms with Gasteiger partial charge in [0, 0.05) is 0 Å². The number of hydrogen-bond acceptors (Lipinski definition) is 7. The zero-order valence-electron chi connectivity index (χ0n) is 16.5. The summed E-state index contributed by atoms with van der Waals surface area (Å²) < 4.78 is 16.4. The number of ether oxygens (including phenoxy) is 3. The van der Waals surface area contributed by atoms with Crippen LogP contribution in [0.2, 0.25) is 0 Å². The van der Waals surface area contributed by atoms with Gasteiger partial charge in [0.15, 0.2) is 17.6 Å². The first kappa shape index (κ1) is 22.2. The van der Waals surface area contributed by atoms with Crippen molar-refractivity contribution in [2.45, 2.75) is 33.3 Å². The van der Waals surface area contributed by atoms with Gasteiger partial charge in [0.05, 0.1) is 24.3 Å². The monoisotopic (exact) mass is 420 g/mol. The molecule has 0 saturated heterocycles. The first-order chi connectivity index (χ1) is 13.9. The van der Waals surface area contributed by atoms with Gasteiger partial charge in [-0.2, -0.15) is 0 Å². The minimum Gasteiger partial charge on any atom is -0.490 e. The van der Waals surface area contributed by atoms with Crippen LogP contribution in [0.1, 0.15) is 47.9 Å². The van der Waals surface area contributed by atoms with Crippen molar-refractivity contribution in [2.75, 3.05) is 18.5 Å². The highest BCUT2D eigenvalue weighted by atomic mass is 32.1. The van der Waals surface area contributed by atoms with Crippen LogP contribution in [0.5, 0.6) is 11.5 Å². The number of amides is 2. The van der Waals surface area contributed by atoms with Gasteiger partial charge in [-0.1, -0.05) is 6.92 Å². The fourth-order valence-corrected chi connectivity index (χ4v) is 3.13. The van der Waals surface area contributed by atoms with Gasteiger partial charge in [-0.15, -0.1) is 11.3 Å². The van der Waals surface area contributed by atoms with E-state index in [1.54, 1.807) is 17.5 Å². The summed E-state index contributed by atoms with van der Waals surface area (Å²) in [5.74, 6) is -0.946. The van der Waals surface area contributed by atoms with Gasteiger partial charge in [-0.25, -0.2) is 4.79 Å². The molecule has 0 fully saturated rings. The summed E-state index contributed by atoms with van der Waals surface area (Å²) in [4.78, 5) is 36.1. The smallest absolute Gasteiger partial charge is 0.339 e. The van der Waals surface area contributed by atoms with Crippen LogP contribution >= 0.6 is 11.3 Å². The van der Waals surface area contributed by atoms with Crippen molar-refractivity contribution in [3.63, 3.8) is 0 Å². The van der Waals surface area contributed by atoms with E-state index in [1.165, 1.54) is 19.1 Å². The Hall–Kier alpha value is -3.07. The Kier molecular flexibility index (Phi) is 8.02. The largest absolute Gasteiger partial charge is 0.490 e. The van der Waals surface area contributed by atoms with Gasteiger partial charge in [0.2, 0.25) is 0 Å². The zero-order chi connectivity index (χ0) is 21.4. The molecule has 0 unspecified atom stereocenters. The van der Waals surface area contributed by atoms with Gasteiger partial charge in [0.25, 0.3) is 11.8 Å². The van der Waals surface area contributed by atoms with E-state index >= 15 is 0 Å². The summed E-state index contributed by atoms with van der Waals surface area (Å²) in [6.07, 6.45) is -0.249. The minimum atomic E-state index is -1.09. The average molecular weight is 420 g/mol. The Labute approximate surface area is 172 Å². The molecule has 1 aromatic carbocycles. The molecule has 0 aliphatic heterocycles. The molecular formula is C20H24N2O6S. The molecule has 8 nitrogen and oxygen atoms in total. The number of hydrogen-bond donors (Lipinski definition) is 2. The predicted octanol–water partition coefficient (Wildman–Crippen LogP) is 3.22. The standard InChI is InChI=1S/C20H24N2O6S/c1-4-9-27-15-7-6-13(11-16(15)26-5-2)20(25)28-12(3)18(24)22-19-14(17(21)23)8-10-29-19/h6-8,10-12H,4-5,9H2,1-3H3,(H2,21,23)(H,22,24)/t12-/m0/s1. The van der Waals surface area contributed by atoms with E-state index in [4.69, 9.17) is 19.9 Å². The van der Waals surface area contributed by atoms with Crippen LogP contribution in [0.4, 0.5) is 5.00 Å². The number of rotatable bonds is 10.